The van der Waals surface area contributed by atoms with Gasteiger partial charge in [0.2, 0.25) is 0 Å². The molecule has 4 heteroatoms. The Morgan fingerprint density at radius 1 is 1.06 bits per heavy atom. The molecule has 0 unspecified atom stereocenters. The summed E-state index contributed by atoms with van der Waals surface area (Å²) in [6.45, 7) is 3.79. The maximum absolute atomic E-state index is 5.71. The Kier molecular flexibility index (Phi) is 3.94. The summed E-state index contributed by atoms with van der Waals surface area (Å²) in [5.74, 6) is 0. The number of hydrogen-bond donors (Lipinski definition) is 0. The van der Waals surface area contributed by atoms with Gasteiger partial charge < -0.3 is 4.90 Å². The van der Waals surface area contributed by atoms with E-state index in [9.17, 15) is 0 Å². The largest absolute Gasteiger partial charge is 0.366 e. The molecule has 0 aliphatic carbocycles. The highest BCUT2D eigenvalue weighted by Gasteiger charge is 2.05. The molecule has 2 aromatic rings. The molecule has 2 rings (SSSR count). The summed E-state index contributed by atoms with van der Waals surface area (Å²) in [5.41, 5.74) is 2.10. The molecule has 0 aliphatic rings. The van der Waals surface area contributed by atoms with E-state index in [0.717, 1.165) is 18.8 Å². The second-order valence-corrected chi connectivity index (χ2v) is 4.08. The van der Waals surface area contributed by atoms with Crippen LogP contribution in [0.5, 0.6) is 0 Å². The summed E-state index contributed by atoms with van der Waals surface area (Å²) in [5, 5.41) is 8.34. The van der Waals surface area contributed by atoms with Crippen molar-refractivity contribution < 1.29 is 0 Å². The summed E-state index contributed by atoms with van der Waals surface area (Å²) >= 11 is 5.71. The molecule has 17 heavy (non-hydrogen) atoms. The molecule has 0 radical (unpaired) electrons. The van der Waals surface area contributed by atoms with E-state index < -0.39 is 0 Å². The average Bonchev–Trinajstić information content (AvgIpc) is 2.39. The van der Waals surface area contributed by atoms with Crippen LogP contribution in [0.15, 0.2) is 42.5 Å². The van der Waals surface area contributed by atoms with Gasteiger partial charge in [0, 0.05) is 12.2 Å². The van der Waals surface area contributed by atoms with Crippen LogP contribution in [0.4, 0.5) is 5.69 Å². The van der Waals surface area contributed by atoms with Gasteiger partial charge in [0.25, 0.3) is 0 Å². The van der Waals surface area contributed by atoms with Crippen molar-refractivity contribution in [3.63, 3.8) is 0 Å². The second-order valence-electron chi connectivity index (χ2n) is 3.70. The van der Waals surface area contributed by atoms with Gasteiger partial charge >= 0.3 is 0 Å². The van der Waals surface area contributed by atoms with E-state index in [0.29, 0.717) is 5.15 Å². The first-order valence-electron chi connectivity index (χ1n) is 5.57. The number of nitrogens with zero attached hydrogens (tertiary/aromatic N) is 3. The van der Waals surface area contributed by atoms with E-state index in [2.05, 4.69) is 34.2 Å². The van der Waals surface area contributed by atoms with Gasteiger partial charge in [-0.2, -0.15) is 5.10 Å². The highest BCUT2D eigenvalue weighted by Crippen LogP contribution is 2.15. The molecule has 1 heterocycles. The van der Waals surface area contributed by atoms with Gasteiger partial charge in [0.1, 0.15) is 0 Å². The van der Waals surface area contributed by atoms with Crippen LogP contribution in [-0.4, -0.2) is 16.7 Å². The van der Waals surface area contributed by atoms with Gasteiger partial charge in [-0.1, -0.05) is 29.8 Å². The van der Waals surface area contributed by atoms with Crippen molar-refractivity contribution in [2.75, 3.05) is 11.4 Å². The van der Waals surface area contributed by atoms with Gasteiger partial charge in [-0.3, -0.25) is 0 Å². The van der Waals surface area contributed by atoms with E-state index in [-0.39, 0.29) is 0 Å². The summed E-state index contributed by atoms with van der Waals surface area (Å²) in [6.07, 6.45) is 0. The average molecular weight is 248 g/mol. The molecule has 88 valence electrons. The van der Waals surface area contributed by atoms with Crippen molar-refractivity contribution in [1.82, 2.24) is 10.2 Å². The number of aromatic nitrogens is 2. The maximum Gasteiger partial charge on any atom is 0.151 e. The first-order valence-corrected chi connectivity index (χ1v) is 5.95. The molecule has 0 spiro atoms. The fraction of sp³-hybridized carbons (Fsp3) is 0.231. The zero-order chi connectivity index (χ0) is 12.1. The lowest BCUT2D eigenvalue weighted by Gasteiger charge is -2.22. The molecule has 0 saturated heterocycles. The summed E-state index contributed by atoms with van der Waals surface area (Å²) in [7, 11) is 0. The van der Waals surface area contributed by atoms with Crippen molar-refractivity contribution in [1.29, 1.82) is 0 Å². The smallest absolute Gasteiger partial charge is 0.151 e. The summed E-state index contributed by atoms with van der Waals surface area (Å²) in [6, 6.07) is 13.9. The lowest BCUT2D eigenvalue weighted by molar-refractivity contribution is 0.787. The van der Waals surface area contributed by atoms with Gasteiger partial charge in [0.15, 0.2) is 5.15 Å². The standard InChI is InChI=1S/C13H14ClN3/c1-2-17(12-6-4-3-5-7-12)10-11-8-9-13(14)16-15-11/h3-9H,2,10H2,1H3. The molecular formula is C13H14ClN3. The van der Waals surface area contributed by atoms with E-state index >= 15 is 0 Å². The predicted molar refractivity (Wildman–Crippen MR) is 70.2 cm³/mol. The van der Waals surface area contributed by atoms with Crippen molar-refractivity contribution in [2.24, 2.45) is 0 Å². The number of hydrogen-bond acceptors (Lipinski definition) is 3. The van der Waals surface area contributed by atoms with Gasteiger partial charge in [-0.25, -0.2) is 0 Å². The maximum atomic E-state index is 5.71. The second kappa shape index (κ2) is 5.64. The molecule has 3 nitrogen and oxygen atoms in total. The zero-order valence-corrected chi connectivity index (χ0v) is 10.4. The van der Waals surface area contributed by atoms with E-state index in [1.165, 1.54) is 5.69 Å². The first kappa shape index (κ1) is 11.9. The topological polar surface area (TPSA) is 29.0 Å². The third kappa shape index (κ3) is 3.17. The monoisotopic (exact) mass is 247 g/mol. The number of para-hydroxylation sites is 1. The minimum absolute atomic E-state index is 0.427. The van der Waals surface area contributed by atoms with Crippen LogP contribution in [0.3, 0.4) is 0 Å². The normalized spacial score (nSPS) is 10.2. The van der Waals surface area contributed by atoms with Crippen LogP contribution in [0.1, 0.15) is 12.6 Å². The summed E-state index contributed by atoms with van der Waals surface area (Å²) < 4.78 is 0. The molecule has 1 aromatic carbocycles. The number of halogens is 1. The number of anilines is 1. The molecule has 0 fully saturated rings. The van der Waals surface area contributed by atoms with E-state index in [4.69, 9.17) is 11.6 Å². The predicted octanol–water partition coefficient (Wildman–Crippen LogP) is 3.16. The first-order chi connectivity index (χ1) is 8.29. The fourth-order valence-corrected chi connectivity index (χ4v) is 1.75. The molecule has 0 N–H and O–H groups in total. The van der Waals surface area contributed by atoms with Gasteiger partial charge in [-0.15, -0.1) is 5.10 Å². The fourth-order valence-electron chi connectivity index (χ4n) is 1.65. The quantitative estimate of drug-likeness (QED) is 0.831. The Hall–Kier alpha value is -1.61. The lowest BCUT2D eigenvalue weighted by Crippen LogP contribution is -2.22. The van der Waals surface area contributed by atoms with E-state index in [1.807, 2.05) is 24.3 Å². The van der Waals surface area contributed by atoms with Crippen LogP contribution in [0, 0.1) is 0 Å². The Morgan fingerprint density at radius 3 is 2.41 bits per heavy atom. The number of rotatable bonds is 4. The lowest BCUT2D eigenvalue weighted by atomic mass is 10.2. The van der Waals surface area contributed by atoms with E-state index in [1.54, 1.807) is 6.07 Å². The summed E-state index contributed by atoms with van der Waals surface area (Å²) in [4.78, 5) is 2.23. The SMILES string of the molecule is CCN(Cc1ccc(Cl)nn1)c1ccccc1. The Labute approximate surface area is 106 Å². The highest BCUT2D eigenvalue weighted by atomic mass is 35.5. The van der Waals surface area contributed by atoms with Crippen LogP contribution in [-0.2, 0) is 6.54 Å². The van der Waals surface area contributed by atoms with Crippen LogP contribution < -0.4 is 4.90 Å². The molecular weight excluding hydrogens is 234 g/mol. The van der Waals surface area contributed by atoms with Gasteiger partial charge in [0.05, 0.1) is 12.2 Å². The Balaban J connectivity index is 2.13. The van der Waals surface area contributed by atoms with Crippen LogP contribution in [0.2, 0.25) is 5.15 Å². The Morgan fingerprint density at radius 2 is 1.82 bits per heavy atom. The van der Waals surface area contributed by atoms with Crippen molar-refractivity contribution >= 4 is 17.3 Å². The minimum Gasteiger partial charge on any atom is -0.366 e. The third-order valence-electron chi connectivity index (χ3n) is 2.54. The Bertz CT molecular complexity index is 456. The molecule has 0 aliphatic heterocycles. The van der Waals surface area contributed by atoms with Crippen molar-refractivity contribution in [2.45, 2.75) is 13.5 Å². The minimum atomic E-state index is 0.427. The third-order valence-corrected chi connectivity index (χ3v) is 2.74. The van der Waals surface area contributed by atoms with Crippen LogP contribution >= 0.6 is 11.6 Å². The van der Waals surface area contributed by atoms with Gasteiger partial charge in [-0.05, 0) is 31.2 Å². The highest BCUT2D eigenvalue weighted by molar-refractivity contribution is 6.29. The van der Waals surface area contributed by atoms with Crippen molar-refractivity contribution in [3.05, 3.63) is 53.3 Å². The van der Waals surface area contributed by atoms with Crippen LogP contribution in [0.25, 0.3) is 0 Å². The molecule has 0 amide bonds. The van der Waals surface area contributed by atoms with Crippen molar-refractivity contribution in [3.8, 4) is 0 Å². The zero-order valence-electron chi connectivity index (χ0n) is 9.68. The molecule has 0 atom stereocenters. The molecule has 0 bridgehead atoms. The molecule has 1 aromatic heterocycles. The number of benzene rings is 1. The molecule has 0 saturated carbocycles.